The Kier molecular flexibility index (Phi) is 4.24. The molecule has 0 unspecified atom stereocenters. The van der Waals surface area contributed by atoms with E-state index >= 15 is 0 Å². The van der Waals surface area contributed by atoms with E-state index in [2.05, 4.69) is 15.9 Å². The molecule has 4 nitrogen and oxygen atoms in total. The molecule has 0 N–H and O–H groups in total. The Labute approximate surface area is 147 Å². The molecule has 2 amide bonds. The highest BCUT2D eigenvalue weighted by Crippen LogP contribution is 2.33. The highest BCUT2D eigenvalue weighted by Gasteiger charge is 2.40. The molecule has 2 aromatic rings. The Morgan fingerprint density at radius 3 is 2.17 bits per heavy atom. The van der Waals surface area contributed by atoms with Crippen molar-refractivity contribution in [3.63, 3.8) is 0 Å². The molecule has 116 valence electrons. The van der Waals surface area contributed by atoms with E-state index in [0.717, 1.165) is 15.1 Å². The van der Waals surface area contributed by atoms with Crippen molar-refractivity contribution in [1.82, 2.24) is 0 Å². The summed E-state index contributed by atoms with van der Waals surface area (Å²) >= 11 is 9.49. The summed E-state index contributed by atoms with van der Waals surface area (Å²) in [6.07, 6.45) is 0. The van der Waals surface area contributed by atoms with Crippen molar-refractivity contribution in [2.75, 3.05) is 16.8 Å². The lowest BCUT2D eigenvalue weighted by atomic mass is 10.2. The molecular weight excluding hydrogens is 380 g/mol. The van der Waals surface area contributed by atoms with Crippen LogP contribution in [0.5, 0.6) is 0 Å². The third-order valence-corrected chi connectivity index (χ3v) is 4.44. The van der Waals surface area contributed by atoms with Crippen molar-refractivity contribution in [2.24, 2.45) is 0 Å². The molecular formula is C17H12BrClN2O2. The molecule has 23 heavy (non-hydrogen) atoms. The average Bonchev–Trinajstić information content (AvgIpc) is 2.78. The minimum Gasteiger partial charge on any atom is -0.339 e. The zero-order valence-corrected chi connectivity index (χ0v) is 14.5. The Balaban J connectivity index is 1.98. The fraction of sp³-hybridized carbons (Fsp3) is 0.0588. The van der Waals surface area contributed by atoms with Gasteiger partial charge >= 0.3 is 0 Å². The Bertz CT molecular complexity index is 803. The number of likely N-dealkylation sites (N-methyl/N-ethyl adjacent to an activating group) is 1. The predicted molar refractivity (Wildman–Crippen MR) is 94.4 cm³/mol. The maximum atomic E-state index is 12.7. The molecule has 0 fully saturated rings. The Hall–Kier alpha value is -2.11. The van der Waals surface area contributed by atoms with Gasteiger partial charge in [0.15, 0.2) is 0 Å². The molecule has 3 rings (SSSR count). The summed E-state index contributed by atoms with van der Waals surface area (Å²) in [6.45, 7) is 0. The van der Waals surface area contributed by atoms with Gasteiger partial charge in [0, 0.05) is 17.2 Å². The summed E-state index contributed by atoms with van der Waals surface area (Å²) in [5.41, 5.74) is 1.43. The van der Waals surface area contributed by atoms with Gasteiger partial charge in [0.1, 0.15) is 10.7 Å². The first-order valence-electron chi connectivity index (χ1n) is 6.83. The monoisotopic (exact) mass is 390 g/mol. The molecule has 0 spiro atoms. The first-order chi connectivity index (χ1) is 11.0. The third-order valence-electron chi connectivity index (χ3n) is 3.57. The average molecular weight is 392 g/mol. The van der Waals surface area contributed by atoms with Crippen molar-refractivity contribution in [2.45, 2.75) is 0 Å². The van der Waals surface area contributed by atoms with Gasteiger partial charge < -0.3 is 4.90 Å². The molecule has 0 atom stereocenters. The molecule has 2 aromatic carbocycles. The van der Waals surface area contributed by atoms with Gasteiger partial charge in [-0.15, -0.1) is 0 Å². The van der Waals surface area contributed by atoms with E-state index in [9.17, 15) is 9.59 Å². The second-order valence-corrected chi connectivity index (χ2v) is 6.27. The van der Waals surface area contributed by atoms with E-state index < -0.39 is 11.8 Å². The van der Waals surface area contributed by atoms with Crippen LogP contribution >= 0.6 is 27.5 Å². The van der Waals surface area contributed by atoms with E-state index in [1.165, 1.54) is 0 Å². The summed E-state index contributed by atoms with van der Waals surface area (Å²) in [7, 11) is 1.71. The zero-order chi connectivity index (χ0) is 16.6. The maximum absolute atomic E-state index is 12.7. The number of para-hydroxylation sites is 1. The van der Waals surface area contributed by atoms with Crippen LogP contribution in [0.4, 0.5) is 11.4 Å². The molecule has 0 radical (unpaired) electrons. The number of benzene rings is 2. The van der Waals surface area contributed by atoms with Crippen LogP contribution in [0, 0.1) is 0 Å². The number of halogens is 2. The van der Waals surface area contributed by atoms with Crippen LogP contribution in [0.1, 0.15) is 0 Å². The first kappa shape index (κ1) is 15.8. The number of anilines is 2. The lowest BCUT2D eigenvalue weighted by Crippen LogP contribution is -2.34. The van der Waals surface area contributed by atoms with Crippen molar-refractivity contribution >= 4 is 50.7 Å². The second kappa shape index (κ2) is 6.18. The number of hydrogen-bond donors (Lipinski definition) is 0. The molecule has 1 aliphatic heterocycles. The number of rotatable bonds is 3. The molecule has 0 aliphatic carbocycles. The van der Waals surface area contributed by atoms with E-state index in [0.29, 0.717) is 5.69 Å². The summed E-state index contributed by atoms with van der Waals surface area (Å²) in [6, 6.07) is 16.2. The summed E-state index contributed by atoms with van der Waals surface area (Å²) < 4.78 is 0.862. The van der Waals surface area contributed by atoms with Crippen LogP contribution in [0.2, 0.25) is 0 Å². The number of amides is 2. The molecule has 0 aromatic heterocycles. The highest BCUT2D eigenvalue weighted by molar-refractivity contribution is 9.10. The number of nitrogens with zero attached hydrogens (tertiary/aromatic N) is 2. The minimum absolute atomic E-state index is 0.0794. The summed E-state index contributed by atoms with van der Waals surface area (Å²) in [5.74, 6) is -0.953. The molecule has 0 bridgehead atoms. The minimum atomic E-state index is -0.517. The first-order valence-corrected chi connectivity index (χ1v) is 8.00. The van der Waals surface area contributed by atoms with Gasteiger partial charge in [-0.2, -0.15) is 0 Å². The fourth-order valence-electron chi connectivity index (χ4n) is 2.39. The van der Waals surface area contributed by atoms with Gasteiger partial charge in [-0.3, -0.25) is 9.59 Å². The number of imide groups is 1. The van der Waals surface area contributed by atoms with Crippen molar-refractivity contribution in [3.05, 3.63) is 69.8 Å². The van der Waals surface area contributed by atoms with Crippen LogP contribution in [-0.2, 0) is 9.59 Å². The Morgan fingerprint density at radius 2 is 1.57 bits per heavy atom. The lowest BCUT2D eigenvalue weighted by molar-refractivity contribution is -0.120. The molecule has 6 heteroatoms. The van der Waals surface area contributed by atoms with Gasteiger partial charge in [-0.05, 0) is 36.4 Å². The van der Waals surface area contributed by atoms with Crippen molar-refractivity contribution < 1.29 is 9.59 Å². The van der Waals surface area contributed by atoms with E-state index in [1.807, 2.05) is 30.3 Å². The third kappa shape index (κ3) is 2.78. The van der Waals surface area contributed by atoms with Gasteiger partial charge in [0.25, 0.3) is 11.8 Å². The SMILES string of the molecule is CN(C1=C(Cl)C(=O)N(c2ccc(Br)cc2)C1=O)c1ccccc1. The summed E-state index contributed by atoms with van der Waals surface area (Å²) in [5, 5.41) is -0.0794. The number of carbonyl (C=O) groups is 2. The van der Waals surface area contributed by atoms with Gasteiger partial charge in [-0.1, -0.05) is 45.7 Å². The van der Waals surface area contributed by atoms with Crippen LogP contribution in [0.3, 0.4) is 0 Å². The Morgan fingerprint density at radius 1 is 0.957 bits per heavy atom. The summed E-state index contributed by atoms with van der Waals surface area (Å²) in [4.78, 5) is 27.9. The second-order valence-electron chi connectivity index (χ2n) is 4.98. The maximum Gasteiger partial charge on any atom is 0.283 e. The van der Waals surface area contributed by atoms with Crippen LogP contribution in [0.25, 0.3) is 0 Å². The largest absolute Gasteiger partial charge is 0.339 e. The smallest absolute Gasteiger partial charge is 0.283 e. The van der Waals surface area contributed by atoms with Gasteiger partial charge in [-0.25, -0.2) is 4.90 Å². The quantitative estimate of drug-likeness (QED) is 0.745. The fourth-order valence-corrected chi connectivity index (χ4v) is 2.94. The van der Waals surface area contributed by atoms with Crippen molar-refractivity contribution in [3.8, 4) is 0 Å². The van der Waals surface area contributed by atoms with E-state index in [1.54, 1.807) is 36.2 Å². The molecule has 1 heterocycles. The topological polar surface area (TPSA) is 40.6 Å². The molecule has 0 saturated carbocycles. The van der Waals surface area contributed by atoms with E-state index in [-0.39, 0.29) is 10.7 Å². The van der Waals surface area contributed by atoms with Gasteiger partial charge in [0.2, 0.25) is 0 Å². The molecule has 1 aliphatic rings. The van der Waals surface area contributed by atoms with Crippen LogP contribution in [0.15, 0.2) is 69.8 Å². The lowest BCUT2D eigenvalue weighted by Gasteiger charge is -2.21. The highest BCUT2D eigenvalue weighted by atomic mass is 79.9. The normalized spacial score (nSPS) is 14.7. The predicted octanol–water partition coefficient (Wildman–Crippen LogP) is 3.91. The molecule has 0 saturated heterocycles. The van der Waals surface area contributed by atoms with Crippen LogP contribution < -0.4 is 9.80 Å². The van der Waals surface area contributed by atoms with E-state index in [4.69, 9.17) is 11.6 Å². The standard InChI is InChI=1S/C17H12BrClN2O2/c1-20(12-5-3-2-4-6-12)15-14(19)16(22)21(17(15)23)13-9-7-11(18)8-10-13/h2-10H,1H3. The van der Waals surface area contributed by atoms with Crippen molar-refractivity contribution in [1.29, 1.82) is 0 Å². The van der Waals surface area contributed by atoms with Gasteiger partial charge in [0.05, 0.1) is 5.69 Å². The number of hydrogen-bond acceptors (Lipinski definition) is 3. The zero-order valence-electron chi connectivity index (χ0n) is 12.2. The number of carbonyl (C=O) groups excluding carboxylic acids is 2. The van der Waals surface area contributed by atoms with Crippen LogP contribution in [-0.4, -0.2) is 18.9 Å².